The van der Waals surface area contributed by atoms with Crippen molar-refractivity contribution in [3.8, 4) is 0 Å². The molecule has 0 radical (unpaired) electrons. The standard InChI is InChI=1S/C12H16N2O3/c1-12(2,3)17-11(15)14-10-6-4-9(5-7-10)8-13-16/h4-7H,8H2,1-3H3,(H,14,15). The quantitative estimate of drug-likeness (QED) is 0.818. The van der Waals surface area contributed by atoms with E-state index >= 15 is 0 Å². The normalized spacial score (nSPS) is 10.8. The summed E-state index contributed by atoms with van der Waals surface area (Å²) in [7, 11) is 0. The average molecular weight is 236 g/mol. The summed E-state index contributed by atoms with van der Waals surface area (Å²) in [5, 5.41) is 5.38. The molecule has 5 nitrogen and oxygen atoms in total. The number of carbonyl (C=O) groups is 1. The van der Waals surface area contributed by atoms with E-state index in [0.29, 0.717) is 5.69 Å². The Hall–Kier alpha value is -1.91. The predicted octanol–water partition coefficient (Wildman–Crippen LogP) is 3.30. The van der Waals surface area contributed by atoms with Gasteiger partial charge < -0.3 is 4.74 Å². The van der Waals surface area contributed by atoms with Gasteiger partial charge in [-0.15, -0.1) is 0 Å². The molecule has 1 amide bonds. The SMILES string of the molecule is CC(C)(C)OC(=O)Nc1ccc(CN=O)cc1. The van der Waals surface area contributed by atoms with E-state index in [4.69, 9.17) is 4.74 Å². The van der Waals surface area contributed by atoms with Gasteiger partial charge in [-0.3, -0.25) is 5.32 Å². The molecule has 0 fully saturated rings. The molecule has 5 heteroatoms. The molecular formula is C12H16N2O3. The number of anilines is 1. The molecule has 1 N–H and O–H groups in total. The van der Waals surface area contributed by atoms with Crippen LogP contribution < -0.4 is 5.32 Å². The summed E-state index contributed by atoms with van der Waals surface area (Å²) in [5.74, 6) is 0. The van der Waals surface area contributed by atoms with Crippen LogP contribution in [0.3, 0.4) is 0 Å². The van der Waals surface area contributed by atoms with Crippen molar-refractivity contribution in [1.29, 1.82) is 0 Å². The second-order valence-electron chi connectivity index (χ2n) is 4.61. The second kappa shape index (κ2) is 5.43. The van der Waals surface area contributed by atoms with E-state index in [2.05, 4.69) is 10.5 Å². The fraction of sp³-hybridized carbons (Fsp3) is 0.417. The Balaban J connectivity index is 2.57. The van der Waals surface area contributed by atoms with Gasteiger partial charge >= 0.3 is 6.09 Å². The first-order valence-corrected chi connectivity index (χ1v) is 5.29. The molecule has 0 heterocycles. The van der Waals surface area contributed by atoms with Crippen LogP contribution in [0.2, 0.25) is 0 Å². The molecule has 17 heavy (non-hydrogen) atoms. The Labute approximate surface area is 100 Å². The van der Waals surface area contributed by atoms with Crippen LogP contribution in [0, 0.1) is 4.91 Å². The number of benzene rings is 1. The number of carbonyl (C=O) groups excluding carboxylic acids is 1. The van der Waals surface area contributed by atoms with Crippen molar-refractivity contribution in [3.63, 3.8) is 0 Å². The average Bonchev–Trinajstić information content (AvgIpc) is 2.18. The third-order valence-corrected chi connectivity index (χ3v) is 1.85. The second-order valence-corrected chi connectivity index (χ2v) is 4.61. The lowest BCUT2D eigenvalue weighted by molar-refractivity contribution is 0.0636. The van der Waals surface area contributed by atoms with Crippen LogP contribution >= 0.6 is 0 Å². The minimum Gasteiger partial charge on any atom is -0.444 e. The molecule has 0 bridgehead atoms. The summed E-state index contributed by atoms with van der Waals surface area (Å²) in [4.78, 5) is 21.5. The molecule has 0 saturated carbocycles. The molecule has 0 unspecified atom stereocenters. The molecule has 0 aliphatic carbocycles. The van der Waals surface area contributed by atoms with Gasteiger partial charge in [0.05, 0.1) is 0 Å². The van der Waals surface area contributed by atoms with Crippen LogP contribution in [0.15, 0.2) is 29.4 Å². The molecule has 0 aliphatic heterocycles. The minimum absolute atomic E-state index is 0.132. The Morgan fingerprint density at radius 1 is 1.29 bits per heavy atom. The van der Waals surface area contributed by atoms with Gasteiger partial charge in [-0.25, -0.2) is 4.79 Å². The van der Waals surface area contributed by atoms with Crippen LogP contribution in [0.1, 0.15) is 26.3 Å². The summed E-state index contributed by atoms with van der Waals surface area (Å²) in [5.41, 5.74) is 0.898. The van der Waals surface area contributed by atoms with Gasteiger partial charge in [0.1, 0.15) is 12.1 Å². The molecular weight excluding hydrogens is 220 g/mol. The van der Waals surface area contributed by atoms with Crippen LogP contribution in [0.5, 0.6) is 0 Å². The van der Waals surface area contributed by atoms with E-state index in [9.17, 15) is 9.70 Å². The molecule has 0 aromatic heterocycles. The van der Waals surface area contributed by atoms with Crippen molar-refractivity contribution < 1.29 is 9.53 Å². The first-order valence-electron chi connectivity index (χ1n) is 5.29. The zero-order chi connectivity index (χ0) is 12.9. The van der Waals surface area contributed by atoms with Gasteiger partial charge in [-0.05, 0) is 38.5 Å². The maximum atomic E-state index is 11.4. The van der Waals surface area contributed by atoms with E-state index in [0.717, 1.165) is 5.56 Å². The van der Waals surface area contributed by atoms with Crippen molar-refractivity contribution in [3.05, 3.63) is 34.7 Å². The zero-order valence-electron chi connectivity index (χ0n) is 10.2. The molecule has 0 atom stereocenters. The smallest absolute Gasteiger partial charge is 0.412 e. The topological polar surface area (TPSA) is 67.8 Å². The number of hydrogen-bond donors (Lipinski definition) is 1. The predicted molar refractivity (Wildman–Crippen MR) is 65.8 cm³/mol. The lowest BCUT2D eigenvalue weighted by Gasteiger charge is -2.19. The molecule has 0 aliphatic rings. The van der Waals surface area contributed by atoms with Crippen molar-refractivity contribution >= 4 is 11.8 Å². The lowest BCUT2D eigenvalue weighted by Crippen LogP contribution is -2.27. The Morgan fingerprint density at radius 2 is 1.88 bits per heavy atom. The third kappa shape index (κ3) is 5.10. The highest BCUT2D eigenvalue weighted by molar-refractivity contribution is 5.84. The summed E-state index contributed by atoms with van der Waals surface area (Å²) >= 11 is 0. The summed E-state index contributed by atoms with van der Waals surface area (Å²) in [6.45, 7) is 5.52. The fourth-order valence-corrected chi connectivity index (χ4v) is 1.19. The van der Waals surface area contributed by atoms with Gasteiger partial charge in [0.25, 0.3) is 0 Å². The number of amides is 1. The third-order valence-electron chi connectivity index (χ3n) is 1.85. The minimum atomic E-state index is -0.522. The zero-order valence-corrected chi connectivity index (χ0v) is 10.2. The van der Waals surface area contributed by atoms with Crippen LogP contribution in [-0.4, -0.2) is 11.7 Å². The van der Waals surface area contributed by atoms with Gasteiger partial charge in [0.2, 0.25) is 0 Å². The number of nitrogens with one attached hydrogen (secondary N) is 1. The van der Waals surface area contributed by atoms with Crippen molar-refractivity contribution in [1.82, 2.24) is 0 Å². The Bertz CT molecular complexity index is 393. The van der Waals surface area contributed by atoms with Crippen LogP contribution in [-0.2, 0) is 11.3 Å². The van der Waals surface area contributed by atoms with E-state index in [1.807, 2.05) is 0 Å². The molecule has 1 aromatic carbocycles. The summed E-state index contributed by atoms with van der Waals surface area (Å²) in [6.07, 6.45) is -0.501. The monoisotopic (exact) mass is 236 g/mol. The van der Waals surface area contributed by atoms with Crippen molar-refractivity contribution in [2.75, 3.05) is 5.32 Å². The van der Waals surface area contributed by atoms with E-state index in [1.165, 1.54) is 0 Å². The molecule has 0 saturated heterocycles. The Kier molecular flexibility index (Phi) is 4.20. The molecule has 92 valence electrons. The first kappa shape index (κ1) is 13.2. The number of ether oxygens (including phenoxy) is 1. The van der Waals surface area contributed by atoms with Crippen LogP contribution in [0.4, 0.5) is 10.5 Å². The van der Waals surface area contributed by atoms with Gasteiger partial charge in [0.15, 0.2) is 0 Å². The number of rotatable bonds is 3. The largest absolute Gasteiger partial charge is 0.444 e. The summed E-state index contributed by atoms with van der Waals surface area (Å²) < 4.78 is 5.10. The van der Waals surface area contributed by atoms with Gasteiger partial charge in [0, 0.05) is 5.69 Å². The highest BCUT2D eigenvalue weighted by atomic mass is 16.6. The van der Waals surface area contributed by atoms with E-state index in [-0.39, 0.29) is 6.54 Å². The molecule has 0 spiro atoms. The first-order chi connectivity index (χ1) is 7.90. The van der Waals surface area contributed by atoms with E-state index in [1.54, 1.807) is 45.0 Å². The Morgan fingerprint density at radius 3 is 2.35 bits per heavy atom. The van der Waals surface area contributed by atoms with E-state index < -0.39 is 11.7 Å². The van der Waals surface area contributed by atoms with Crippen LogP contribution in [0.25, 0.3) is 0 Å². The lowest BCUT2D eigenvalue weighted by atomic mass is 10.2. The van der Waals surface area contributed by atoms with Gasteiger partial charge in [-0.1, -0.05) is 17.3 Å². The highest BCUT2D eigenvalue weighted by Gasteiger charge is 2.15. The van der Waals surface area contributed by atoms with Gasteiger partial charge in [-0.2, -0.15) is 4.91 Å². The highest BCUT2D eigenvalue weighted by Crippen LogP contribution is 2.13. The number of nitroso groups, excluding NO2 is 1. The maximum absolute atomic E-state index is 11.4. The molecule has 1 aromatic rings. The summed E-state index contributed by atoms with van der Waals surface area (Å²) in [6, 6.07) is 6.86. The maximum Gasteiger partial charge on any atom is 0.412 e. The van der Waals surface area contributed by atoms with Crippen molar-refractivity contribution in [2.45, 2.75) is 32.9 Å². The number of hydrogen-bond acceptors (Lipinski definition) is 4. The van der Waals surface area contributed by atoms with Crippen molar-refractivity contribution in [2.24, 2.45) is 5.18 Å². The molecule has 1 rings (SSSR count). The fourth-order valence-electron chi connectivity index (χ4n) is 1.19. The number of nitrogens with zero attached hydrogens (tertiary/aromatic N) is 1.